The van der Waals surface area contributed by atoms with Crippen molar-refractivity contribution in [2.75, 3.05) is 25.4 Å². The first-order valence-electron chi connectivity index (χ1n) is 7.27. The fraction of sp³-hybridized carbons (Fsp3) is 0.467. The minimum atomic E-state index is -3.32. The lowest BCUT2D eigenvalue weighted by molar-refractivity contribution is -0.159. The summed E-state index contributed by atoms with van der Waals surface area (Å²) in [5.41, 5.74) is 0.586. The Morgan fingerprint density at radius 3 is 2.78 bits per heavy atom. The van der Waals surface area contributed by atoms with E-state index in [2.05, 4.69) is 0 Å². The van der Waals surface area contributed by atoms with Crippen LogP contribution in [0.1, 0.15) is 12.5 Å². The quantitative estimate of drug-likeness (QED) is 0.828. The Morgan fingerprint density at radius 1 is 1.39 bits per heavy atom. The van der Waals surface area contributed by atoms with Crippen LogP contribution in [0.15, 0.2) is 29.2 Å². The minimum absolute atomic E-state index is 0.00111. The van der Waals surface area contributed by atoms with Gasteiger partial charge in [-0.1, -0.05) is 19.1 Å². The Kier molecular flexibility index (Phi) is 5.38. The number of sulfone groups is 1. The van der Waals surface area contributed by atoms with E-state index in [-0.39, 0.29) is 36.1 Å². The molecule has 8 heteroatoms. The fourth-order valence-electron chi connectivity index (χ4n) is 2.33. The zero-order chi connectivity index (χ0) is 17.0. The summed E-state index contributed by atoms with van der Waals surface area (Å²) in [6.07, 6.45) is -0.987. The van der Waals surface area contributed by atoms with Crippen molar-refractivity contribution < 1.29 is 27.9 Å². The molecule has 1 aromatic carbocycles. The fourth-order valence-corrected chi connectivity index (χ4v) is 3.28. The van der Waals surface area contributed by atoms with Gasteiger partial charge >= 0.3 is 5.97 Å². The third kappa shape index (κ3) is 4.29. The first-order chi connectivity index (χ1) is 10.8. The van der Waals surface area contributed by atoms with Crippen LogP contribution in [0.3, 0.4) is 0 Å². The topological polar surface area (TPSA) is 101 Å². The van der Waals surface area contributed by atoms with Gasteiger partial charge in [0.25, 0.3) is 0 Å². The second-order valence-electron chi connectivity index (χ2n) is 5.27. The second-order valence-corrected chi connectivity index (χ2v) is 7.54. The number of carbonyl (C=O) groups excluding carboxylic acids is 1. The summed E-state index contributed by atoms with van der Waals surface area (Å²) in [6, 6.07) is 6.28. The van der Waals surface area contributed by atoms with Crippen molar-refractivity contribution in [3.8, 4) is 0 Å². The predicted octanol–water partition coefficient (Wildman–Crippen LogP) is 0.335. The van der Waals surface area contributed by atoms with Gasteiger partial charge in [0.1, 0.15) is 0 Å². The van der Waals surface area contributed by atoms with E-state index in [0.29, 0.717) is 12.1 Å². The highest BCUT2D eigenvalue weighted by Crippen LogP contribution is 2.15. The number of ether oxygens (including phenoxy) is 1. The van der Waals surface area contributed by atoms with E-state index in [9.17, 15) is 18.0 Å². The standard InChI is InChI=1S/C15H19NO6S/c1-2-23(20,21)12-5-3-4-11(8-12)9-14(17)16-6-7-22-13(10-16)15(18)19/h3-5,8,13H,2,6-7,9-10H2,1H3,(H,18,19). The van der Waals surface area contributed by atoms with Gasteiger partial charge in [-0.15, -0.1) is 0 Å². The van der Waals surface area contributed by atoms with Gasteiger partial charge in [0.2, 0.25) is 5.91 Å². The van der Waals surface area contributed by atoms with Crippen LogP contribution in [0, 0.1) is 0 Å². The summed E-state index contributed by atoms with van der Waals surface area (Å²) in [5, 5.41) is 8.95. The highest BCUT2D eigenvalue weighted by Gasteiger charge is 2.28. The van der Waals surface area contributed by atoms with Crippen LogP contribution in [0.2, 0.25) is 0 Å². The molecule has 0 spiro atoms. The number of amides is 1. The number of benzene rings is 1. The SMILES string of the molecule is CCS(=O)(=O)c1cccc(CC(=O)N2CCOC(C(=O)O)C2)c1. The van der Waals surface area contributed by atoms with E-state index < -0.39 is 21.9 Å². The van der Waals surface area contributed by atoms with Crippen LogP contribution in [0.4, 0.5) is 0 Å². The number of carboxylic acids is 1. The molecular formula is C15H19NO6S. The lowest BCUT2D eigenvalue weighted by Gasteiger charge is -2.31. The Hall–Kier alpha value is -1.93. The summed E-state index contributed by atoms with van der Waals surface area (Å²) >= 11 is 0. The molecular weight excluding hydrogens is 322 g/mol. The molecule has 0 aliphatic carbocycles. The third-order valence-electron chi connectivity index (χ3n) is 3.69. The number of aliphatic carboxylic acids is 1. The molecule has 1 aliphatic heterocycles. The number of hydrogen-bond donors (Lipinski definition) is 1. The van der Waals surface area contributed by atoms with E-state index in [1.54, 1.807) is 19.1 Å². The summed E-state index contributed by atoms with van der Waals surface area (Å²) < 4.78 is 28.8. The monoisotopic (exact) mass is 341 g/mol. The smallest absolute Gasteiger partial charge is 0.334 e. The molecule has 1 aromatic rings. The molecule has 126 valence electrons. The molecule has 1 aliphatic rings. The van der Waals surface area contributed by atoms with Gasteiger partial charge < -0.3 is 14.7 Å². The van der Waals surface area contributed by atoms with Crippen LogP contribution >= 0.6 is 0 Å². The number of carboxylic acid groups (broad SMARTS) is 1. The van der Waals surface area contributed by atoms with Crippen LogP contribution in [-0.2, 0) is 30.6 Å². The van der Waals surface area contributed by atoms with Gasteiger partial charge in [0.05, 0.1) is 30.2 Å². The normalized spacial score (nSPS) is 18.7. The Bertz CT molecular complexity index is 700. The summed E-state index contributed by atoms with van der Waals surface area (Å²) in [5.74, 6) is -1.35. The van der Waals surface area contributed by atoms with E-state index >= 15 is 0 Å². The average Bonchev–Trinajstić information content (AvgIpc) is 2.55. The lowest BCUT2D eigenvalue weighted by Crippen LogP contribution is -2.49. The number of rotatable bonds is 5. The molecule has 1 atom stereocenters. The Labute approximate surface area is 134 Å². The molecule has 1 fully saturated rings. The van der Waals surface area contributed by atoms with Gasteiger partial charge in [0, 0.05) is 6.54 Å². The van der Waals surface area contributed by atoms with Crippen molar-refractivity contribution in [1.29, 1.82) is 0 Å². The molecule has 0 bridgehead atoms. The average molecular weight is 341 g/mol. The predicted molar refractivity (Wildman–Crippen MR) is 81.8 cm³/mol. The van der Waals surface area contributed by atoms with E-state index in [4.69, 9.17) is 9.84 Å². The number of hydrogen-bond acceptors (Lipinski definition) is 5. The number of morpholine rings is 1. The van der Waals surface area contributed by atoms with E-state index in [1.165, 1.54) is 17.0 Å². The first kappa shape index (κ1) is 17.4. The van der Waals surface area contributed by atoms with E-state index in [0.717, 1.165) is 0 Å². The van der Waals surface area contributed by atoms with Gasteiger partial charge in [0.15, 0.2) is 15.9 Å². The Balaban J connectivity index is 2.09. The van der Waals surface area contributed by atoms with Crippen LogP contribution in [0.5, 0.6) is 0 Å². The van der Waals surface area contributed by atoms with Crippen molar-refractivity contribution in [2.45, 2.75) is 24.3 Å². The molecule has 23 heavy (non-hydrogen) atoms. The second kappa shape index (κ2) is 7.10. The van der Waals surface area contributed by atoms with Crippen molar-refractivity contribution in [1.82, 2.24) is 4.90 Å². The molecule has 0 aromatic heterocycles. The zero-order valence-corrected chi connectivity index (χ0v) is 13.6. The molecule has 1 N–H and O–H groups in total. The highest BCUT2D eigenvalue weighted by molar-refractivity contribution is 7.91. The number of carbonyl (C=O) groups is 2. The molecule has 1 saturated heterocycles. The molecule has 1 heterocycles. The molecule has 2 rings (SSSR count). The highest BCUT2D eigenvalue weighted by atomic mass is 32.2. The van der Waals surface area contributed by atoms with Gasteiger partial charge in [-0.3, -0.25) is 4.79 Å². The summed E-state index contributed by atoms with van der Waals surface area (Å²) in [7, 11) is -3.32. The minimum Gasteiger partial charge on any atom is -0.479 e. The molecule has 0 radical (unpaired) electrons. The molecule has 0 saturated carbocycles. The number of nitrogens with zero attached hydrogens (tertiary/aromatic N) is 1. The van der Waals surface area contributed by atoms with Crippen molar-refractivity contribution in [3.05, 3.63) is 29.8 Å². The first-order valence-corrected chi connectivity index (χ1v) is 8.92. The largest absolute Gasteiger partial charge is 0.479 e. The van der Waals surface area contributed by atoms with Crippen molar-refractivity contribution in [3.63, 3.8) is 0 Å². The van der Waals surface area contributed by atoms with Crippen LogP contribution in [0.25, 0.3) is 0 Å². The molecule has 7 nitrogen and oxygen atoms in total. The van der Waals surface area contributed by atoms with Crippen molar-refractivity contribution >= 4 is 21.7 Å². The Morgan fingerprint density at radius 2 is 2.13 bits per heavy atom. The molecule has 1 unspecified atom stereocenters. The van der Waals surface area contributed by atoms with Crippen molar-refractivity contribution in [2.24, 2.45) is 0 Å². The van der Waals surface area contributed by atoms with Gasteiger partial charge in [-0.25, -0.2) is 13.2 Å². The summed E-state index contributed by atoms with van der Waals surface area (Å²) in [6.45, 7) is 2.07. The van der Waals surface area contributed by atoms with E-state index in [1.807, 2.05) is 0 Å². The zero-order valence-electron chi connectivity index (χ0n) is 12.8. The van der Waals surface area contributed by atoms with Gasteiger partial charge in [-0.05, 0) is 17.7 Å². The lowest BCUT2D eigenvalue weighted by atomic mass is 10.1. The maximum atomic E-state index is 12.3. The third-order valence-corrected chi connectivity index (χ3v) is 5.42. The summed E-state index contributed by atoms with van der Waals surface area (Å²) in [4.78, 5) is 24.9. The maximum absolute atomic E-state index is 12.3. The van der Waals surface area contributed by atoms with Gasteiger partial charge in [-0.2, -0.15) is 0 Å². The van der Waals surface area contributed by atoms with Crippen LogP contribution < -0.4 is 0 Å². The molecule has 1 amide bonds. The maximum Gasteiger partial charge on any atom is 0.334 e. The van der Waals surface area contributed by atoms with Crippen LogP contribution in [-0.4, -0.2) is 61.9 Å².